The average molecular weight is 443 g/mol. The van der Waals surface area contributed by atoms with Crippen molar-refractivity contribution in [2.24, 2.45) is 0 Å². The van der Waals surface area contributed by atoms with Crippen molar-refractivity contribution in [1.82, 2.24) is 0 Å². The molecular weight excluding hydrogens is 395 g/mol. The van der Waals surface area contributed by atoms with Gasteiger partial charge in [-0.2, -0.15) is 0 Å². The van der Waals surface area contributed by atoms with Gasteiger partial charge in [0.25, 0.3) is 0 Å². The third kappa shape index (κ3) is 4.88. The molecule has 0 spiro atoms. The van der Waals surface area contributed by atoms with Gasteiger partial charge in [0.2, 0.25) is 0 Å². The number of hydrogen-bond donors (Lipinski definition) is 0. The van der Waals surface area contributed by atoms with E-state index in [2.05, 4.69) is 107 Å². The quantitative estimate of drug-likeness (QED) is 0.408. The molecule has 0 aliphatic carbocycles. The molecule has 2 aromatic rings. The summed E-state index contributed by atoms with van der Waals surface area (Å²) in [5.41, 5.74) is 8.67. The second-order valence-corrected chi connectivity index (χ2v) is 17.0. The van der Waals surface area contributed by atoms with Gasteiger partial charge < -0.3 is 0 Å². The van der Waals surface area contributed by atoms with Crippen LogP contribution in [0.15, 0.2) is 24.3 Å². The van der Waals surface area contributed by atoms with E-state index in [1.165, 1.54) is 38.7 Å². The summed E-state index contributed by atoms with van der Waals surface area (Å²) in [5.74, 6) is 2.51. The van der Waals surface area contributed by atoms with Crippen LogP contribution in [0, 0.1) is 6.92 Å². The Morgan fingerprint density at radius 3 is 1.61 bits per heavy atom. The van der Waals surface area contributed by atoms with Crippen LogP contribution < -0.4 is 10.0 Å². The fourth-order valence-corrected chi connectivity index (χ4v) is 6.92. The normalized spacial score (nSPS) is 13.4. The van der Waals surface area contributed by atoms with Crippen LogP contribution in [0.2, 0.25) is 0 Å². The van der Waals surface area contributed by atoms with Gasteiger partial charge in [0.15, 0.2) is 0 Å². The van der Waals surface area contributed by atoms with E-state index < -0.39 is 7.26 Å². The summed E-state index contributed by atoms with van der Waals surface area (Å²) < 4.78 is 6.04. The first-order valence-electron chi connectivity index (χ1n) is 12.0. The van der Waals surface area contributed by atoms with Crippen LogP contribution in [0.4, 0.5) is 0 Å². The standard InChI is InChI=1S/C29H47OP/c1-18(2)22-16-23(19(3)4)27(24(17-22)20(5)6)26-21(7)14-15-25(30-11)28(26)31(12,13)29(8,9)10/h14-20,31H,1-13H3. The summed E-state index contributed by atoms with van der Waals surface area (Å²) in [6, 6.07) is 9.41. The van der Waals surface area contributed by atoms with Crippen LogP contribution in [0.5, 0.6) is 5.75 Å². The Labute approximate surface area is 193 Å². The monoisotopic (exact) mass is 442 g/mol. The van der Waals surface area contributed by atoms with Crippen molar-refractivity contribution in [2.45, 2.75) is 92.1 Å². The average Bonchev–Trinajstić information content (AvgIpc) is 2.65. The summed E-state index contributed by atoms with van der Waals surface area (Å²) in [5, 5.41) is 1.69. The van der Waals surface area contributed by atoms with Crippen molar-refractivity contribution in [2.75, 3.05) is 20.4 Å². The molecule has 174 valence electrons. The van der Waals surface area contributed by atoms with E-state index in [0.717, 1.165) is 5.75 Å². The van der Waals surface area contributed by atoms with Crippen LogP contribution >= 0.6 is 7.26 Å². The SMILES string of the molecule is COc1ccc(C)c(-c2c(C(C)C)cc(C(C)C)cc2C(C)C)c1[PH](C)(C)C(C)(C)C. The van der Waals surface area contributed by atoms with E-state index in [1.807, 2.05) is 7.11 Å². The van der Waals surface area contributed by atoms with Gasteiger partial charge in [0.1, 0.15) is 0 Å². The number of aryl methyl sites for hydroxylation is 1. The Morgan fingerprint density at radius 2 is 1.26 bits per heavy atom. The Morgan fingerprint density at radius 1 is 0.774 bits per heavy atom. The van der Waals surface area contributed by atoms with Crippen LogP contribution in [0.3, 0.4) is 0 Å². The van der Waals surface area contributed by atoms with Crippen molar-refractivity contribution in [3.63, 3.8) is 0 Å². The number of hydrogen-bond acceptors (Lipinski definition) is 1. The van der Waals surface area contributed by atoms with Crippen LogP contribution in [0.25, 0.3) is 11.1 Å². The zero-order chi connectivity index (χ0) is 23.9. The van der Waals surface area contributed by atoms with Crippen molar-refractivity contribution < 1.29 is 4.74 Å². The fraction of sp³-hybridized carbons (Fsp3) is 0.586. The zero-order valence-electron chi connectivity index (χ0n) is 22.4. The molecule has 1 nitrogen and oxygen atoms in total. The van der Waals surface area contributed by atoms with E-state index >= 15 is 0 Å². The molecule has 0 aromatic heterocycles. The Balaban J connectivity index is 3.14. The Bertz CT molecular complexity index is 897. The first-order valence-corrected chi connectivity index (χ1v) is 15.0. The molecule has 31 heavy (non-hydrogen) atoms. The van der Waals surface area contributed by atoms with Gasteiger partial charge in [0.05, 0.1) is 0 Å². The first-order chi connectivity index (χ1) is 14.1. The van der Waals surface area contributed by atoms with Crippen LogP contribution in [-0.2, 0) is 0 Å². The van der Waals surface area contributed by atoms with E-state index in [-0.39, 0.29) is 5.16 Å². The van der Waals surface area contributed by atoms with E-state index in [4.69, 9.17) is 4.74 Å². The number of ether oxygens (including phenoxy) is 1. The second-order valence-electron chi connectivity index (χ2n) is 11.7. The summed E-state index contributed by atoms with van der Waals surface area (Å²) in [7, 11) is -0.0481. The van der Waals surface area contributed by atoms with Crippen molar-refractivity contribution >= 4 is 12.6 Å². The Kier molecular flexibility index (Phi) is 7.75. The summed E-state index contributed by atoms with van der Waals surface area (Å²) in [4.78, 5) is 0. The molecule has 0 fully saturated rings. The molecule has 0 saturated carbocycles. The molecule has 0 heterocycles. The van der Waals surface area contributed by atoms with Gasteiger partial charge in [-0.15, -0.1) is 0 Å². The van der Waals surface area contributed by atoms with E-state index in [0.29, 0.717) is 17.8 Å². The Hall–Kier alpha value is -1.33. The number of methoxy groups -OCH3 is 1. The van der Waals surface area contributed by atoms with Crippen molar-refractivity contribution in [1.29, 1.82) is 0 Å². The molecule has 0 atom stereocenters. The summed E-state index contributed by atoms with van der Waals surface area (Å²) in [6.45, 7) is 28.5. The molecule has 0 radical (unpaired) electrons. The molecule has 0 unspecified atom stereocenters. The molecule has 0 aliphatic rings. The van der Waals surface area contributed by atoms with Gasteiger partial charge in [-0.25, -0.2) is 0 Å². The third-order valence-corrected chi connectivity index (χ3v) is 13.0. The number of benzene rings is 2. The van der Waals surface area contributed by atoms with Gasteiger partial charge in [-0.3, -0.25) is 0 Å². The van der Waals surface area contributed by atoms with Gasteiger partial charge in [-0.1, -0.05) is 0 Å². The maximum absolute atomic E-state index is 6.04. The van der Waals surface area contributed by atoms with Crippen LogP contribution in [0.1, 0.15) is 102 Å². The maximum atomic E-state index is 6.04. The predicted molar refractivity (Wildman–Crippen MR) is 145 cm³/mol. The molecular formula is C29H47OP. The molecule has 0 saturated heterocycles. The predicted octanol–water partition coefficient (Wildman–Crippen LogP) is 8.47. The molecule has 2 heteroatoms. The second kappa shape index (κ2) is 9.27. The van der Waals surface area contributed by atoms with E-state index in [1.54, 1.807) is 0 Å². The summed E-state index contributed by atoms with van der Waals surface area (Å²) >= 11 is 0. The molecule has 0 bridgehead atoms. The van der Waals surface area contributed by atoms with Gasteiger partial charge >= 0.3 is 193 Å². The zero-order valence-corrected chi connectivity index (χ0v) is 23.4. The van der Waals surface area contributed by atoms with Gasteiger partial charge in [-0.05, 0) is 0 Å². The minimum atomic E-state index is -1.88. The van der Waals surface area contributed by atoms with Crippen LogP contribution in [-0.4, -0.2) is 25.6 Å². The van der Waals surface area contributed by atoms with Gasteiger partial charge in [0, 0.05) is 0 Å². The topological polar surface area (TPSA) is 9.23 Å². The first kappa shape index (κ1) is 25.9. The van der Waals surface area contributed by atoms with E-state index in [9.17, 15) is 0 Å². The molecule has 2 aromatic carbocycles. The number of rotatable bonds is 6. The minimum absolute atomic E-state index is 0.219. The molecule has 0 aliphatic heterocycles. The van der Waals surface area contributed by atoms with Crippen molar-refractivity contribution in [3.8, 4) is 16.9 Å². The molecule has 0 amide bonds. The molecule has 2 rings (SSSR count). The third-order valence-electron chi connectivity index (χ3n) is 7.48. The van der Waals surface area contributed by atoms with Crippen molar-refractivity contribution in [3.05, 3.63) is 46.5 Å². The fourth-order valence-electron chi connectivity index (χ4n) is 4.42. The molecule has 0 N–H and O–H groups in total. The summed E-state index contributed by atoms with van der Waals surface area (Å²) in [6.07, 6.45) is 0.